The Morgan fingerprint density at radius 3 is 1.84 bits per heavy atom. The van der Waals surface area contributed by atoms with E-state index in [1.54, 1.807) is 6.92 Å². The van der Waals surface area contributed by atoms with Gasteiger partial charge in [0.15, 0.2) is 25.0 Å². The molecule has 8 rings (SSSR count). The summed E-state index contributed by atoms with van der Waals surface area (Å²) in [5, 5.41) is 128. The molecule has 3 heterocycles. The average molecular weight is 987 g/mol. The number of carboxylic acid groups (broad SMARTS) is 2. The molecular weight excluding hydrogens is 913 g/mol. The number of carbonyl (C=O) groups excluding carboxylic acids is 1. The second kappa shape index (κ2) is 18.6. The number of aliphatic hydroxyl groups is 10. The van der Waals surface area contributed by atoms with E-state index in [0.29, 0.717) is 38.5 Å². The number of ether oxygens (including phenoxy) is 6. The lowest BCUT2D eigenvalue weighted by atomic mass is 9.33. The van der Waals surface area contributed by atoms with Crippen molar-refractivity contribution >= 4 is 17.7 Å². The second-order valence-corrected chi connectivity index (χ2v) is 23.1. The van der Waals surface area contributed by atoms with Crippen molar-refractivity contribution in [1.29, 1.82) is 0 Å². The summed E-state index contributed by atoms with van der Waals surface area (Å²) in [7, 11) is 0. The molecule has 0 amide bonds. The molecule has 0 unspecified atom stereocenters. The van der Waals surface area contributed by atoms with Gasteiger partial charge < -0.3 is 89.7 Å². The molecule has 7 fully saturated rings. The monoisotopic (exact) mass is 986 g/mol. The van der Waals surface area contributed by atoms with E-state index in [4.69, 9.17) is 28.4 Å². The molecule has 3 aliphatic heterocycles. The van der Waals surface area contributed by atoms with Gasteiger partial charge in [0.2, 0.25) is 0 Å². The number of fused-ring (bicyclic) bond motifs is 7. The van der Waals surface area contributed by atoms with E-state index < -0.39 is 145 Å². The molecule has 69 heavy (non-hydrogen) atoms. The third-order valence-electron chi connectivity index (χ3n) is 19.6. The fraction of sp³-hybridized carbons (Fsp3) is 0.896. The number of aliphatic hydroxyl groups excluding tert-OH is 10. The van der Waals surface area contributed by atoms with E-state index in [2.05, 4.69) is 26.8 Å². The first-order valence-corrected chi connectivity index (χ1v) is 24.4. The van der Waals surface area contributed by atoms with Crippen LogP contribution < -0.4 is 0 Å². The van der Waals surface area contributed by atoms with E-state index in [9.17, 15) is 75.7 Å². The zero-order valence-electron chi connectivity index (χ0n) is 40.1. The van der Waals surface area contributed by atoms with Gasteiger partial charge in [-0.05, 0) is 92.3 Å². The smallest absolute Gasteiger partial charge is 0.335 e. The Labute approximate surface area is 400 Å². The van der Waals surface area contributed by atoms with Crippen LogP contribution in [0.15, 0.2) is 11.6 Å². The second-order valence-electron chi connectivity index (χ2n) is 23.1. The van der Waals surface area contributed by atoms with Crippen LogP contribution in [0, 0.1) is 50.2 Å². The third-order valence-corrected chi connectivity index (χ3v) is 19.6. The van der Waals surface area contributed by atoms with E-state index in [1.807, 2.05) is 13.8 Å². The lowest BCUT2D eigenvalue weighted by molar-refractivity contribution is -0.397. The van der Waals surface area contributed by atoms with Gasteiger partial charge in [0.25, 0.3) is 0 Å². The molecule has 0 aromatic rings. The van der Waals surface area contributed by atoms with Crippen molar-refractivity contribution < 1.29 is 104 Å². The van der Waals surface area contributed by atoms with Crippen molar-refractivity contribution in [2.75, 3.05) is 19.8 Å². The van der Waals surface area contributed by atoms with Gasteiger partial charge in [0.1, 0.15) is 72.9 Å². The van der Waals surface area contributed by atoms with Crippen molar-refractivity contribution in [1.82, 2.24) is 0 Å². The lowest BCUT2D eigenvalue weighted by Crippen LogP contribution is -2.68. The van der Waals surface area contributed by atoms with E-state index >= 15 is 0 Å². The van der Waals surface area contributed by atoms with Crippen molar-refractivity contribution in [2.24, 2.45) is 50.2 Å². The molecule has 4 saturated carbocycles. The maximum atomic E-state index is 13.8. The van der Waals surface area contributed by atoms with Crippen molar-refractivity contribution in [3.8, 4) is 0 Å². The van der Waals surface area contributed by atoms with Gasteiger partial charge in [0, 0.05) is 17.3 Å². The quantitative estimate of drug-likeness (QED) is 0.0868. The van der Waals surface area contributed by atoms with E-state index in [1.165, 1.54) is 5.57 Å². The largest absolute Gasteiger partial charge is 0.481 e. The number of hydrogen-bond donors (Lipinski definition) is 12. The SMILES string of the molecule is C[C@@]1(C(=O)O)CC(=O)[C@]2(C)CC[C@]3(C)C(=CC[C@@H]4[C@@]5(C)CC[C@H](O[C@@H]6O[C@H](C(=O)O)[C@@H](O)[C@H](O)[C@H]6O[C@@H]6O[C@H](CO)[C@H](O)[C@H](O)[C@H]6O[C@@H]6O[C@H](CO)[C@@H](O)[C@H](O)[C@H]6O)[C@](C)(CO)[C@@H]5CC[C@]43C)[C@@H]2C1. The number of hydrogen-bond acceptors (Lipinski definition) is 19. The highest BCUT2D eigenvalue weighted by Gasteiger charge is 2.70. The minimum atomic E-state index is -2.13. The molecule has 0 radical (unpaired) electrons. The molecule has 12 N–H and O–H groups in total. The molecule has 21 heteroatoms. The van der Waals surface area contributed by atoms with Crippen LogP contribution in [0.25, 0.3) is 0 Å². The summed E-state index contributed by atoms with van der Waals surface area (Å²) in [5.41, 5.74) is -2.75. The summed E-state index contributed by atoms with van der Waals surface area (Å²) in [6.07, 6.45) is -22.2. The number of Topliss-reactive ketones (excluding diaryl/α,β-unsaturated/α-hetero) is 1. The topological polar surface area (TPSA) is 349 Å². The van der Waals surface area contributed by atoms with Crippen molar-refractivity contribution in [3.63, 3.8) is 0 Å². The van der Waals surface area contributed by atoms with Crippen molar-refractivity contribution in [2.45, 2.75) is 198 Å². The molecular formula is C48H74O21. The summed E-state index contributed by atoms with van der Waals surface area (Å²) in [5.74, 6) is -2.96. The highest BCUT2D eigenvalue weighted by Crippen LogP contribution is 2.75. The first kappa shape index (κ1) is 53.0. The Balaban J connectivity index is 1.08. The van der Waals surface area contributed by atoms with Crippen molar-refractivity contribution in [3.05, 3.63) is 11.6 Å². The molecule has 3 saturated heterocycles. The minimum Gasteiger partial charge on any atom is -0.481 e. The first-order valence-electron chi connectivity index (χ1n) is 24.4. The Kier molecular flexibility index (Phi) is 14.3. The molecule has 25 atom stereocenters. The highest BCUT2D eigenvalue weighted by atomic mass is 16.8. The van der Waals surface area contributed by atoms with E-state index in [-0.39, 0.29) is 47.4 Å². The van der Waals surface area contributed by atoms with Gasteiger partial charge in [-0.2, -0.15) is 0 Å². The number of carboxylic acids is 2. The fourth-order valence-corrected chi connectivity index (χ4v) is 14.9. The van der Waals surface area contributed by atoms with Crippen LogP contribution >= 0.6 is 0 Å². The fourth-order valence-electron chi connectivity index (χ4n) is 14.9. The zero-order valence-corrected chi connectivity index (χ0v) is 40.1. The maximum absolute atomic E-state index is 13.8. The number of carbonyl (C=O) groups is 3. The van der Waals surface area contributed by atoms with Gasteiger partial charge in [-0.3, -0.25) is 9.59 Å². The molecule has 21 nitrogen and oxygen atoms in total. The third kappa shape index (κ3) is 8.08. The maximum Gasteiger partial charge on any atom is 0.335 e. The zero-order chi connectivity index (χ0) is 50.7. The number of allylic oxidation sites excluding steroid dienone is 2. The van der Waals surface area contributed by atoms with Crippen LogP contribution in [0.2, 0.25) is 0 Å². The van der Waals surface area contributed by atoms with E-state index in [0.717, 1.165) is 12.8 Å². The van der Waals surface area contributed by atoms with Gasteiger partial charge in [0.05, 0.1) is 31.3 Å². The summed E-state index contributed by atoms with van der Waals surface area (Å²) < 4.78 is 35.8. The number of ketones is 1. The predicted molar refractivity (Wildman–Crippen MR) is 233 cm³/mol. The standard InChI is InChI=1S/C48H74O21/c1-43(42(62)63)15-21-20-7-8-25-45(3)11-10-27(46(4,19-51)24(45)9-12-48(25,6)47(20,5)14-13-44(21,2)26(52)16-43)66-41-37(33(58)32(57)35(67-41)38(60)61)69-40-36(31(56)29(54)23(18-50)65-40)68-39-34(59)30(55)28(53)22(17-49)64-39/h7,21-25,27-37,39-41,49-51,53-59H,8-19H2,1-6H3,(H,60,61)(H,62,63)/t21-,22+,23+,24+,25+,27-,28+,29-,30-,31-,32-,33-,34+,35-,36+,37+,39-,40-,41+,43-,44+,45-,46+,47+,48+/m0/s1. The minimum absolute atomic E-state index is 0.00348. The molecule has 0 aromatic heterocycles. The van der Waals surface area contributed by atoms with Crippen LogP contribution in [0.3, 0.4) is 0 Å². The predicted octanol–water partition coefficient (Wildman–Crippen LogP) is -1.05. The van der Waals surface area contributed by atoms with Crippen LogP contribution in [0.5, 0.6) is 0 Å². The lowest BCUT2D eigenvalue weighted by Gasteiger charge is -2.71. The summed E-state index contributed by atoms with van der Waals surface area (Å²) in [6, 6.07) is 0. The van der Waals surface area contributed by atoms with Crippen LogP contribution in [-0.4, -0.2) is 197 Å². The van der Waals surface area contributed by atoms with Crippen LogP contribution in [0.1, 0.15) is 99.3 Å². The number of aliphatic carboxylic acids is 2. The molecule has 0 aromatic carbocycles. The Hall–Kier alpha value is -2.29. The summed E-state index contributed by atoms with van der Waals surface area (Å²) >= 11 is 0. The number of rotatable bonds is 11. The molecule has 8 aliphatic rings. The van der Waals surface area contributed by atoms with Gasteiger partial charge in [-0.25, -0.2) is 4.79 Å². The van der Waals surface area contributed by atoms with Crippen LogP contribution in [0.4, 0.5) is 0 Å². The van der Waals surface area contributed by atoms with Gasteiger partial charge in [-0.15, -0.1) is 0 Å². The van der Waals surface area contributed by atoms with Gasteiger partial charge in [-0.1, -0.05) is 46.3 Å². The highest BCUT2D eigenvalue weighted by molar-refractivity contribution is 5.92. The Morgan fingerprint density at radius 2 is 1.25 bits per heavy atom. The molecule has 0 bridgehead atoms. The molecule has 5 aliphatic carbocycles. The summed E-state index contributed by atoms with van der Waals surface area (Å²) in [6.45, 7) is 10.3. The molecule has 0 spiro atoms. The normalized spacial score (nSPS) is 54.3. The molecule has 392 valence electrons. The average Bonchev–Trinajstić information content (AvgIpc) is 3.30. The summed E-state index contributed by atoms with van der Waals surface area (Å²) in [4.78, 5) is 38.9. The first-order chi connectivity index (χ1) is 32.2. The Morgan fingerprint density at radius 1 is 0.667 bits per heavy atom. The van der Waals surface area contributed by atoms with Crippen LogP contribution in [-0.2, 0) is 42.8 Å². The Bertz CT molecular complexity index is 1990. The van der Waals surface area contributed by atoms with Gasteiger partial charge >= 0.3 is 11.9 Å².